The van der Waals surface area contributed by atoms with Crippen LogP contribution in [-0.2, 0) is 6.42 Å². The number of rotatable bonds is 7. The molecule has 0 atom stereocenters. The van der Waals surface area contributed by atoms with Gasteiger partial charge >= 0.3 is 5.63 Å². The van der Waals surface area contributed by atoms with Crippen LogP contribution < -0.4 is 15.1 Å². The maximum atomic E-state index is 12.0. The van der Waals surface area contributed by atoms with Gasteiger partial charge in [0.2, 0.25) is 0 Å². The van der Waals surface area contributed by atoms with E-state index in [4.69, 9.17) is 13.9 Å². The Hall–Kier alpha value is -2.43. The maximum absolute atomic E-state index is 12.0. The van der Waals surface area contributed by atoms with Crippen LogP contribution in [0.2, 0.25) is 0 Å². The molecule has 2 aromatic rings. The Balaban J connectivity index is 1.75. The fourth-order valence-electron chi connectivity index (χ4n) is 3.23. The van der Waals surface area contributed by atoms with Crippen LogP contribution in [0.25, 0.3) is 0 Å². The van der Waals surface area contributed by atoms with E-state index in [1.165, 1.54) is 0 Å². The van der Waals surface area contributed by atoms with Gasteiger partial charge in [-0.05, 0) is 56.4 Å². The first-order chi connectivity index (χ1) is 12.3. The first kappa shape index (κ1) is 18.4. The SMILES string of the molecule is COc1ccc(OCC2(Cc3c(C)oc(=O)c(C(C)C)c3O)CC2)cc1. The minimum Gasteiger partial charge on any atom is -0.507 e. The molecule has 0 unspecified atom stereocenters. The summed E-state index contributed by atoms with van der Waals surface area (Å²) in [7, 11) is 1.63. The highest BCUT2D eigenvalue weighted by atomic mass is 16.5. The third-order valence-corrected chi connectivity index (χ3v) is 5.12. The van der Waals surface area contributed by atoms with Gasteiger partial charge in [-0.3, -0.25) is 0 Å². The van der Waals surface area contributed by atoms with Crippen LogP contribution >= 0.6 is 0 Å². The van der Waals surface area contributed by atoms with Crippen molar-refractivity contribution in [3.63, 3.8) is 0 Å². The zero-order valence-electron chi connectivity index (χ0n) is 15.8. The Morgan fingerprint density at radius 2 is 1.81 bits per heavy atom. The molecule has 1 saturated carbocycles. The molecule has 3 rings (SSSR count). The molecule has 0 bridgehead atoms. The van der Waals surface area contributed by atoms with Crippen LogP contribution in [-0.4, -0.2) is 18.8 Å². The molecule has 1 aromatic carbocycles. The van der Waals surface area contributed by atoms with Gasteiger partial charge in [-0.2, -0.15) is 0 Å². The summed E-state index contributed by atoms with van der Waals surface area (Å²) in [6.45, 7) is 6.06. The number of hydrogen-bond acceptors (Lipinski definition) is 5. The molecule has 0 radical (unpaired) electrons. The second kappa shape index (κ2) is 7.06. The van der Waals surface area contributed by atoms with E-state index < -0.39 is 5.63 Å². The van der Waals surface area contributed by atoms with E-state index in [0.29, 0.717) is 24.4 Å². The maximum Gasteiger partial charge on any atom is 0.343 e. The van der Waals surface area contributed by atoms with Crippen LogP contribution in [0, 0.1) is 12.3 Å². The van der Waals surface area contributed by atoms with E-state index in [1.54, 1.807) is 14.0 Å². The van der Waals surface area contributed by atoms with Crippen molar-refractivity contribution in [3.05, 3.63) is 51.6 Å². The summed E-state index contributed by atoms with van der Waals surface area (Å²) >= 11 is 0. The number of methoxy groups -OCH3 is 1. The highest BCUT2D eigenvalue weighted by Gasteiger charge is 2.45. The first-order valence-corrected chi connectivity index (χ1v) is 8.97. The third kappa shape index (κ3) is 3.71. The molecule has 1 aliphatic carbocycles. The molecule has 0 amide bonds. The molecule has 0 saturated heterocycles. The smallest absolute Gasteiger partial charge is 0.343 e. The predicted octanol–water partition coefficient (Wildman–Crippen LogP) is 4.19. The average Bonchev–Trinajstić information content (AvgIpc) is 3.37. The Morgan fingerprint density at radius 1 is 1.19 bits per heavy atom. The van der Waals surface area contributed by atoms with Crippen LogP contribution in [0.1, 0.15) is 49.5 Å². The van der Waals surface area contributed by atoms with Crippen molar-refractivity contribution in [1.29, 1.82) is 0 Å². The van der Waals surface area contributed by atoms with Crippen molar-refractivity contribution < 1.29 is 19.0 Å². The Morgan fingerprint density at radius 3 is 2.35 bits per heavy atom. The van der Waals surface area contributed by atoms with Crippen molar-refractivity contribution in [3.8, 4) is 17.2 Å². The molecule has 5 nitrogen and oxygen atoms in total. The van der Waals surface area contributed by atoms with Crippen molar-refractivity contribution >= 4 is 0 Å². The van der Waals surface area contributed by atoms with Crippen LogP contribution in [0.4, 0.5) is 0 Å². The minimum absolute atomic E-state index is 0.0175. The first-order valence-electron chi connectivity index (χ1n) is 8.97. The second-order valence-corrected chi connectivity index (χ2v) is 7.48. The zero-order valence-corrected chi connectivity index (χ0v) is 15.8. The van der Waals surface area contributed by atoms with E-state index in [2.05, 4.69) is 0 Å². The van der Waals surface area contributed by atoms with Gasteiger partial charge in [-0.15, -0.1) is 0 Å². The fraction of sp³-hybridized carbons (Fsp3) is 0.476. The van der Waals surface area contributed by atoms with Gasteiger partial charge in [0.1, 0.15) is 23.0 Å². The summed E-state index contributed by atoms with van der Waals surface area (Å²) in [6.07, 6.45) is 2.70. The van der Waals surface area contributed by atoms with Gasteiger partial charge in [0.15, 0.2) is 0 Å². The standard InChI is InChI=1S/C21H26O5/c1-13(2)18-19(22)17(14(3)26-20(18)23)11-21(9-10-21)12-25-16-7-5-15(24-4)6-8-16/h5-8,13,22H,9-12H2,1-4H3. The van der Waals surface area contributed by atoms with E-state index in [1.807, 2.05) is 38.1 Å². The molecule has 1 fully saturated rings. The van der Waals surface area contributed by atoms with Gasteiger partial charge in [0.05, 0.1) is 19.3 Å². The minimum atomic E-state index is -0.446. The van der Waals surface area contributed by atoms with Crippen LogP contribution in [0.15, 0.2) is 33.5 Å². The second-order valence-electron chi connectivity index (χ2n) is 7.48. The van der Waals surface area contributed by atoms with Gasteiger partial charge in [-0.1, -0.05) is 13.8 Å². The largest absolute Gasteiger partial charge is 0.507 e. The van der Waals surface area contributed by atoms with Crippen molar-refractivity contribution in [1.82, 2.24) is 0 Å². The number of hydrogen-bond donors (Lipinski definition) is 1. The van der Waals surface area contributed by atoms with E-state index >= 15 is 0 Å². The van der Waals surface area contributed by atoms with E-state index in [-0.39, 0.29) is 17.1 Å². The van der Waals surface area contributed by atoms with Gasteiger partial charge < -0.3 is 19.0 Å². The molecule has 140 valence electrons. The highest BCUT2D eigenvalue weighted by Crippen LogP contribution is 2.50. The number of benzene rings is 1. The predicted molar refractivity (Wildman–Crippen MR) is 99.3 cm³/mol. The van der Waals surface area contributed by atoms with Gasteiger partial charge in [-0.25, -0.2) is 4.79 Å². The lowest BCUT2D eigenvalue weighted by Gasteiger charge is -2.19. The highest BCUT2D eigenvalue weighted by molar-refractivity contribution is 5.42. The van der Waals surface area contributed by atoms with Crippen molar-refractivity contribution in [2.45, 2.75) is 46.0 Å². The summed E-state index contributed by atoms with van der Waals surface area (Å²) in [5.74, 6) is 2.08. The lowest BCUT2D eigenvalue weighted by Crippen LogP contribution is -2.19. The molecular formula is C21H26O5. The number of aromatic hydroxyl groups is 1. The normalized spacial score (nSPS) is 15.1. The Bertz CT molecular complexity index is 829. The summed E-state index contributed by atoms with van der Waals surface area (Å²) in [5, 5.41) is 10.6. The summed E-state index contributed by atoms with van der Waals surface area (Å²) < 4.78 is 16.5. The molecule has 5 heteroatoms. The van der Waals surface area contributed by atoms with E-state index in [0.717, 1.165) is 29.9 Å². The Labute approximate surface area is 153 Å². The monoisotopic (exact) mass is 358 g/mol. The molecule has 0 spiro atoms. The molecule has 1 N–H and O–H groups in total. The van der Waals surface area contributed by atoms with Gasteiger partial charge in [0, 0.05) is 11.0 Å². The fourth-order valence-corrected chi connectivity index (χ4v) is 3.23. The van der Waals surface area contributed by atoms with E-state index in [9.17, 15) is 9.90 Å². The van der Waals surface area contributed by atoms with Gasteiger partial charge in [0.25, 0.3) is 0 Å². The molecule has 1 aromatic heterocycles. The molecule has 0 aliphatic heterocycles. The van der Waals surface area contributed by atoms with Crippen LogP contribution in [0.3, 0.4) is 0 Å². The average molecular weight is 358 g/mol. The van der Waals surface area contributed by atoms with Crippen molar-refractivity contribution in [2.24, 2.45) is 5.41 Å². The molecule has 1 heterocycles. The quantitative estimate of drug-likeness (QED) is 0.804. The third-order valence-electron chi connectivity index (χ3n) is 5.12. The molecule has 1 aliphatic rings. The summed E-state index contributed by atoms with van der Waals surface area (Å²) in [4.78, 5) is 12.0. The van der Waals surface area contributed by atoms with Crippen LogP contribution in [0.5, 0.6) is 17.2 Å². The molecule has 26 heavy (non-hydrogen) atoms. The van der Waals surface area contributed by atoms with Crippen molar-refractivity contribution in [2.75, 3.05) is 13.7 Å². The molecular weight excluding hydrogens is 332 g/mol. The Kier molecular flexibility index (Phi) is 4.99. The summed E-state index contributed by atoms with van der Waals surface area (Å²) in [5.41, 5.74) is 0.621. The summed E-state index contributed by atoms with van der Waals surface area (Å²) in [6, 6.07) is 7.50. The zero-order chi connectivity index (χ0) is 18.9. The lowest BCUT2D eigenvalue weighted by atomic mass is 9.93. The topological polar surface area (TPSA) is 68.9 Å². The number of ether oxygens (including phenoxy) is 2. The lowest BCUT2D eigenvalue weighted by molar-refractivity contribution is 0.230. The number of aryl methyl sites for hydroxylation is 1.